The molecular weight excluding hydrogens is 176 g/mol. The second-order valence-corrected chi connectivity index (χ2v) is 4.00. The standard InChI is InChI=1S/C10H20N4/c1-4-5-14-8-10(12-13-14)7-11-6-9(2)3/h8-9,11H,4-7H2,1-3H3. The van der Waals surface area contributed by atoms with Crippen LogP contribution in [0.1, 0.15) is 32.9 Å². The summed E-state index contributed by atoms with van der Waals surface area (Å²) in [4.78, 5) is 0. The number of aromatic nitrogens is 3. The molecule has 1 heterocycles. The lowest BCUT2D eigenvalue weighted by molar-refractivity contribution is 0.547. The number of aryl methyl sites for hydroxylation is 1. The summed E-state index contributed by atoms with van der Waals surface area (Å²) >= 11 is 0. The van der Waals surface area contributed by atoms with Crippen LogP contribution in [-0.4, -0.2) is 21.5 Å². The van der Waals surface area contributed by atoms with Crippen LogP contribution in [0.2, 0.25) is 0 Å². The number of nitrogens with one attached hydrogen (secondary N) is 1. The van der Waals surface area contributed by atoms with Crippen molar-refractivity contribution < 1.29 is 0 Å². The summed E-state index contributed by atoms with van der Waals surface area (Å²) in [5, 5.41) is 11.5. The normalized spacial score (nSPS) is 11.1. The van der Waals surface area contributed by atoms with Crippen LogP contribution in [0.15, 0.2) is 6.20 Å². The van der Waals surface area contributed by atoms with E-state index in [1.807, 2.05) is 10.9 Å². The predicted molar refractivity (Wildman–Crippen MR) is 56.9 cm³/mol. The maximum absolute atomic E-state index is 4.08. The first-order valence-corrected chi connectivity index (χ1v) is 5.32. The summed E-state index contributed by atoms with van der Waals surface area (Å²) in [6.45, 7) is 9.33. The molecule has 1 aromatic rings. The molecule has 0 aromatic carbocycles. The van der Waals surface area contributed by atoms with Gasteiger partial charge in [0, 0.05) is 19.3 Å². The Morgan fingerprint density at radius 1 is 1.50 bits per heavy atom. The van der Waals surface area contributed by atoms with Crippen molar-refractivity contribution in [3.63, 3.8) is 0 Å². The molecule has 0 spiro atoms. The summed E-state index contributed by atoms with van der Waals surface area (Å²) in [5.74, 6) is 0.681. The highest BCUT2D eigenvalue weighted by Gasteiger charge is 1.99. The van der Waals surface area contributed by atoms with Gasteiger partial charge in [0.05, 0.1) is 5.69 Å². The van der Waals surface area contributed by atoms with Crippen LogP contribution in [0.25, 0.3) is 0 Å². The molecule has 0 bridgehead atoms. The van der Waals surface area contributed by atoms with Gasteiger partial charge in [-0.3, -0.25) is 4.68 Å². The zero-order valence-corrected chi connectivity index (χ0v) is 9.32. The Bertz CT molecular complexity index is 254. The third-order valence-corrected chi connectivity index (χ3v) is 1.90. The Morgan fingerprint density at radius 2 is 2.29 bits per heavy atom. The fraction of sp³-hybridized carbons (Fsp3) is 0.800. The van der Waals surface area contributed by atoms with E-state index in [0.717, 1.165) is 31.7 Å². The monoisotopic (exact) mass is 196 g/mol. The van der Waals surface area contributed by atoms with Crippen molar-refractivity contribution in [1.29, 1.82) is 0 Å². The van der Waals surface area contributed by atoms with Crippen LogP contribution in [0.3, 0.4) is 0 Å². The summed E-state index contributed by atoms with van der Waals surface area (Å²) in [5.41, 5.74) is 1.03. The quantitative estimate of drug-likeness (QED) is 0.748. The maximum Gasteiger partial charge on any atom is 0.0964 e. The first-order chi connectivity index (χ1) is 6.72. The molecule has 0 aliphatic heterocycles. The largest absolute Gasteiger partial charge is 0.311 e. The van der Waals surface area contributed by atoms with Crippen LogP contribution in [-0.2, 0) is 13.1 Å². The Kier molecular flexibility index (Phi) is 4.59. The summed E-state index contributed by atoms with van der Waals surface area (Å²) in [6, 6.07) is 0. The van der Waals surface area contributed by atoms with Gasteiger partial charge in [0.1, 0.15) is 0 Å². The molecule has 0 aliphatic rings. The fourth-order valence-electron chi connectivity index (χ4n) is 1.25. The topological polar surface area (TPSA) is 42.7 Å². The van der Waals surface area contributed by atoms with Crippen molar-refractivity contribution >= 4 is 0 Å². The van der Waals surface area contributed by atoms with Crippen molar-refractivity contribution in [3.05, 3.63) is 11.9 Å². The minimum absolute atomic E-state index is 0.681. The Labute approximate surface area is 85.7 Å². The van der Waals surface area contributed by atoms with Gasteiger partial charge in [0.2, 0.25) is 0 Å². The number of hydrogen-bond donors (Lipinski definition) is 1. The molecule has 1 aromatic heterocycles. The van der Waals surface area contributed by atoms with Gasteiger partial charge < -0.3 is 5.32 Å². The number of nitrogens with zero attached hydrogens (tertiary/aromatic N) is 3. The summed E-state index contributed by atoms with van der Waals surface area (Å²) in [7, 11) is 0. The van der Waals surface area contributed by atoms with Gasteiger partial charge in [0.25, 0.3) is 0 Å². The van der Waals surface area contributed by atoms with Gasteiger partial charge in [-0.15, -0.1) is 5.10 Å². The lowest BCUT2D eigenvalue weighted by Crippen LogP contribution is -2.19. The van der Waals surface area contributed by atoms with Gasteiger partial charge in [-0.1, -0.05) is 26.0 Å². The molecule has 0 radical (unpaired) electrons. The molecule has 14 heavy (non-hydrogen) atoms. The Morgan fingerprint density at radius 3 is 2.93 bits per heavy atom. The summed E-state index contributed by atoms with van der Waals surface area (Å²) < 4.78 is 1.90. The minimum atomic E-state index is 0.681. The predicted octanol–water partition coefficient (Wildman–Crippen LogP) is 1.43. The van der Waals surface area contributed by atoms with E-state index >= 15 is 0 Å². The van der Waals surface area contributed by atoms with E-state index in [-0.39, 0.29) is 0 Å². The van der Waals surface area contributed by atoms with Crippen molar-refractivity contribution in [2.24, 2.45) is 5.92 Å². The molecule has 4 heteroatoms. The van der Waals surface area contributed by atoms with Gasteiger partial charge in [-0.25, -0.2) is 0 Å². The Hall–Kier alpha value is -0.900. The second-order valence-electron chi connectivity index (χ2n) is 4.00. The zero-order valence-electron chi connectivity index (χ0n) is 9.32. The lowest BCUT2D eigenvalue weighted by atomic mass is 10.2. The highest BCUT2D eigenvalue weighted by atomic mass is 15.4. The van der Waals surface area contributed by atoms with E-state index in [1.54, 1.807) is 0 Å². The molecule has 1 N–H and O–H groups in total. The minimum Gasteiger partial charge on any atom is -0.311 e. The van der Waals surface area contributed by atoms with E-state index in [2.05, 4.69) is 36.4 Å². The molecule has 1 rings (SSSR count). The van der Waals surface area contributed by atoms with Crippen LogP contribution >= 0.6 is 0 Å². The van der Waals surface area contributed by atoms with E-state index in [9.17, 15) is 0 Å². The highest BCUT2D eigenvalue weighted by molar-refractivity contribution is 4.91. The number of rotatable bonds is 6. The van der Waals surface area contributed by atoms with E-state index in [1.165, 1.54) is 0 Å². The van der Waals surface area contributed by atoms with E-state index in [0.29, 0.717) is 5.92 Å². The van der Waals surface area contributed by atoms with Crippen LogP contribution < -0.4 is 5.32 Å². The molecule has 4 nitrogen and oxygen atoms in total. The molecule has 0 aliphatic carbocycles. The van der Waals surface area contributed by atoms with Gasteiger partial charge in [-0.2, -0.15) is 0 Å². The average molecular weight is 196 g/mol. The van der Waals surface area contributed by atoms with Crippen molar-refractivity contribution in [2.75, 3.05) is 6.54 Å². The van der Waals surface area contributed by atoms with E-state index in [4.69, 9.17) is 0 Å². The third-order valence-electron chi connectivity index (χ3n) is 1.90. The molecule has 0 saturated carbocycles. The van der Waals surface area contributed by atoms with Crippen molar-refractivity contribution in [3.8, 4) is 0 Å². The van der Waals surface area contributed by atoms with Gasteiger partial charge in [0.15, 0.2) is 0 Å². The van der Waals surface area contributed by atoms with Crippen LogP contribution in [0, 0.1) is 5.92 Å². The highest BCUT2D eigenvalue weighted by Crippen LogP contribution is 1.95. The molecule has 0 amide bonds. The van der Waals surface area contributed by atoms with Crippen LogP contribution in [0.5, 0.6) is 0 Å². The first-order valence-electron chi connectivity index (χ1n) is 5.32. The lowest BCUT2D eigenvalue weighted by Gasteiger charge is -2.04. The molecule has 0 atom stereocenters. The van der Waals surface area contributed by atoms with Gasteiger partial charge in [-0.05, 0) is 18.9 Å². The average Bonchev–Trinajstić information content (AvgIpc) is 2.53. The smallest absolute Gasteiger partial charge is 0.0964 e. The first kappa shape index (κ1) is 11.2. The SMILES string of the molecule is CCCn1cc(CNCC(C)C)nn1. The molecular formula is C10H20N4. The van der Waals surface area contributed by atoms with Gasteiger partial charge >= 0.3 is 0 Å². The summed E-state index contributed by atoms with van der Waals surface area (Å²) in [6.07, 6.45) is 3.11. The van der Waals surface area contributed by atoms with Crippen LogP contribution in [0.4, 0.5) is 0 Å². The molecule has 80 valence electrons. The number of hydrogen-bond acceptors (Lipinski definition) is 3. The second kappa shape index (κ2) is 5.75. The Balaban J connectivity index is 2.28. The molecule has 0 saturated heterocycles. The van der Waals surface area contributed by atoms with E-state index < -0.39 is 0 Å². The molecule has 0 unspecified atom stereocenters. The molecule has 0 fully saturated rings. The van der Waals surface area contributed by atoms with Crippen molar-refractivity contribution in [2.45, 2.75) is 40.3 Å². The maximum atomic E-state index is 4.08. The third kappa shape index (κ3) is 3.87. The van der Waals surface area contributed by atoms with Crippen molar-refractivity contribution in [1.82, 2.24) is 20.3 Å². The zero-order chi connectivity index (χ0) is 10.4. The fourth-order valence-corrected chi connectivity index (χ4v) is 1.25.